The van der Waals surface area contributed by atoms with Gasteiger partial charge in [0.1, 0.15) is 23.9 Å². The van der Waals surface area contributed by atoms with Crippen LogP contribution in [0.2, 0.25) is 0 Å². The Balaban J connectivity index is 1.86. The topological polar surface area (TPSA) is 38.8 Å². The van der Waals surface area contributed by atoms with Gasteiger partial charge in [0.05, 0.1) is 13.7 Å². The van der Waals surface area contributed by atoms with Crippen molar-refractivity contribution < 1.29 is 18.7 Å². The highest BCUT2D eigenvalue weighted by molar-refractivity contribution is 5.94. The maximum Gasteiger partial charge on any atom is 0.253 e. The first kappa shape index (κ1) is 16.8. The first-order chi connectivity index (χ1) is 11.0. The SMILES string of the molecule is COc1ccc(OCCN(C)C(=O)c2ccc(C)c(F)c2)cc1. The van der Waals surface area contributed by atoms with Crippen molar-refractivity contribution in [3.05, 3.63) is 59.4 Å². The molecule has 0 bridgehead atoms. The number of carbonyl (C=O) groups is 1. The molecule has 5 heteroatoms. The van der Waals surface area contributed by atoms with E-state index in [0.29, 0.717) is 30.0 Å². The van der Waals surface area contributed by atoms with Gasteiger partial charge in [0.25, 0.3) is 5.91 Å². The highest BCUT2D eigenvalue weighted by Gasteiger charge is 2.13. The molecule has 2 aromatic rings. The second kappa shape index (κ2) is 7.63. The molecule has 2 aromatic carbocycles. The molecule has 0 N–H and O–H groups in total. The number of rotatable bonds is 6. The lowest BCUT2D eigenvalue weighted by molar-refractivity contribution is 0.0773. The van der Waals surface area contributed by atoms with E-state index in [1.807, 2.05) is 0 Å². The van der Waals surface area contributed by atoms with E-state index in [2.05, 4.69) is 0 Å². The largest absolute Gasteiger partial charge is 0.497 e. The molecule has 4 nitrogen and oxygen atoms in total. The van der Waals surface area contributed by atoms with E-state index in [4.69, 9.17) is 9.47 Å². The number of aryl methyl sites for hydroxylation is 1. The van der Waals surface area contributed by atoms with Crippen molar-refractivity contribution in [3.63, 3.8) is 0 Å². The molecule has 0 aliphatic carbocycles. The number of benzene rings is 2. The van der Waals surface area contributed by atoms with E-state index in [1.165, 1.54) is 11.0 Å². The van der Waals surface area contributed by atoms with Crippen LogP contribution in [0.4, 0.5) is 4.39 Å². The van der Waals surface area contributed by atoms with E-state index >= 15 is 0 Å². The number of nitrogens with zero attached hydrogens (tertiary/aromatic N) is 1. The predicted molar refractivity (Wildman–Crippen MR) is 86.6 cm³/mol. The summed E-state index contributed by atoms with van der Waals surface area (Å²) in [4.78, 5) is 13.7. The average Bonchev–Trinajstić information content (AvgIpc) is 2.57. The Morgan fingerprint density at radius 1 is 1.13 bits per heavy atom. The summed E-state index contributed by atoms with van der Waals surface area (Å²) >= 11 is 0. The van der Waals surface area contributed by atoms with Crippen LogP contribution in [0.5, 0.6) is 11.5 Å². The van der Waals surface area contributed by atoms with Crippen molar-refractivity contribution >= 4 is 5.91 Å². The molecule has 0 aliphatic rings. The predicted octanol–water partition coefficient (Wildman–Crippen LogP) is 3.29. The maximum absolute atomic E-state index is 13.5. The number of halogens is 1. The Morgan fingerprint density at radius 3 is 2.39 bits per heavy atom. The minimum Gasteiger partial charge on any atom is -0.497 e. The quantitative estimate of drug-likeness (QED) is 0.820. The molecular formula is C18H20FNO3. The van der Waals surface area contributed by atoms with Crippen LogP contribution in [0.1, 0.15) is 15.9 Å². The zero-order valence-corrected chi connectivity index (χ0v) is 13.5. The Bertz CT molecular complexity index is 670. The second-order valence-electron chi connectivity index (χ2n) is 5.21. The third-order valence-corrected chi connectivity index (χ3v) is 3.52. The summed E-state index contributed by atoms with van der Waals surface area (Å²) in [5.74, 6) is 0.847. The van der Waals surface area contributed by atoms with Crippen molar-refractivity contribution in [2.75, 3.05) is 27.3 Å². The van der Waals surface area contributed by atoms with Crippen molar-refractivity contribution in [1.29, 1.82) is 0 Å². The second-order valence-corrected chi connectivity index (χ2v) is 5.21. The Morgan fingerprint density at radius 2 is 1.78 bits per heavy atom. The Labute approximate surface area is 135 Å². The molecule has 0 heterocycles. The lowest BCUT2D eigenvalue weighted by Crippen LogP contribution is -2.31. The summed E-state index contributed by atoms with van der Waals surface area (Å²) in [7, 11) is 3.27. The molecular weight excluding hydrogens is 297 g/mol. The van der Waals surface area contributed by atoms with Crippen LogP contribution < -0.4 is 9.47 Å². The van der Waals surface area contributed by atoms with Crippen LogP contribution in [-0.2, 0) is 0 Å². The van der Waals surface area contributed by atoms with E-state index in [0.717, 1.165) is 5.75 Å². The van der Waals surface area contributed by atoms with Gasteiger partial charge in [0.15, 0.2) is 0 Å². The highest BCUT2D eigenvalue weighted by atomic mass is 19.1. The minimum atomic E-state index is -0.376. The Hall–Kier alpha value is -2.56. The lowest BCUT2D eigenvalue weighted by Gasteiger charge is -2.18. The van der Waals surface area contributed by atoms with Gasteiger partial charge in [-0.2, -0.15) is 0 Å². The van der Waals surface area contributed by atoms with Gasteiger partial charge in [-0.25, -0.2) is 4.39 Å². The average molecular weight is 317 g/mol. The van der Waals surface area contributed by atoms with Crippen molar-refractivity contribution in [2.24, 2.45) is 0 Å². The van der Waals surface area contributed by atoms with Crippen LogP contribution in [0.3, 0.4) is 0 Å². The molecule has 0 fully saturated rings. The molecule has 0 aromatic heterocycles. The van der Waals surface area contributed by atoms with Gasteiger partial charge in [-0.1, -0.05) is 6.07 Å². The van der Waals surface area contributed by atoms with E-state index in [9.17, 15) is 9.18 Å². The van der Waals surface area contributed by atoms with Gasteiger partial charge in [-0.3, -0.25) is 4.79 Å². The first-order valence-electron chi connectivity index (χ1n) is 7.29. The molecule has 23 heavy (non-hydrogen) atoms. The van der Waals surface area contributed by atoms with E-state index in [-0.39, 0.29) is 11.7 Å². The molecule has 0 saturated heterocycles. The van der Waals surface area contributed by atoms with Crippen LogP contribution in [-0.4, -0.2) is 38.1 Å². The fourth-order valence-corrected chi connectivity index (χ4v) is 2.02. The van der Waals surface area contributed by atoms with E-state index in [1.54, 1.807) is 57.5 Å². The third kappa shape index (κ3) is 4.45. The van der Waals surface area contributed by atoms with Crippen molar-refractivity contribution in [1.82, 2.24) is 4.90 Å². The summed E-state index contributed by atoms with van der Waals surface area (Å²) in [6.07, 6.45) is 0. The van der Waals surface area contributed by atoms with Crippen LogP contribution in [0.25, 0.3) is 0 Å². The smallest absolute Gasteiger partial charge is 0.253 e. The third-order valence-electron chi connectivity index (χ3n) is 3.52. The normalized spacial score (nSPS) is 10.3. The summed E-state index contributed by atoms with van der Waals surface area (Å²) in [6, 6.07) is 11.7. The van der Waals surface area contributed by atoms with Gasteiger partial charge in [0, 0.05) is 12.6 Å². The van der Waals surface area contributed by atoms with Gasteiger partial charge < -0.3 is 14.4 Å². The number of likely N-dealkylation sites (N-methyl/N-ethyl adjacent to an activating group) is 1. The summed E-state index contributed by atoms with van der Waals surface area (Å²) in [6.45, 7) is 2.42. The fraction of sp³-hybridized carbons (Fsp3) is 0.278. The molecule has 0 unspecified atom stereocenters. The number of methoxy groups -OCH3 is 1. The molecule has 1 amide bonds. The van der Waals surface area contributed by atoms with E-state index < -0.39 is 0 Å². The highest BCUT2D eigenvalue weighted by Crippen LogP contribution is 2.17. The molecule has 0 spiro atoms. The van der Waals surface area contributed by atoms with Gasteiger partial charge >= 0.3 is 0 Å². The molecule has 122 valence electrons. The zero-order valence-electron chi connectivity index (χ0n) is 13.5. The lowest BCUT2D eigenvalue weighted by atomic mass is 10.1. The van der Waals surface area contributed by atoms with Gasteiger partial charge in [-0.05, 0) is 48.9 Å². The van der Waals surface area contributed by atoms with Gasteiger partial charge in [-0.15, -0.1) is 0 Å². The molecule has 0 atom stereocenters. The fourth-order valence-electron chi connectivity index (χ4n) is 2.02. The zero-order chi connectivity index (χ0) is 16.8. The molecule has 0 radical (unpaired) electrons. The van der Waals surface area contributed by atoms with Crippen molar-refractivity contribution in [2.45, 2.75) is 6.92 Å². The number of hydrogen-bond donors (Lipinski definition) is 0. The monoisotopic (exact) mass is 317 g/mol. The van der Waals surface area contributed by atoms with Gasteiger partial charge in [0.2, 0.25) is 0 Å². The standard InChI is InChI=1S/C18H20FNO3/c1-13-4-5-14(12-17(13)19)18(21)20(2)10-11-23-16-8-6-15(22-3)7-9-16/h4-9,12H,10-11H2,1-3H3. The molecule has 0 saturated carbocycles. The van der Waals surface area contributed by atoms with Crippen LogP contribution >= 0.6 is 0 Å². The minimum absolute atomic E-state index is 0.234. The van der Waals surface area contributed by atoms with Crippen LogP contribution in [0.15, 0.2) is 42.5 Å². The summed E-state index contributed by atoms with van der Waals surface area (Å²) in [5, 5.41) is 0. The number of hydrogen-bond acceptors (Lipinski definition) is 3. The molecule has 2 rings (SSSR count). The number of ether oxygens (including phenoxy) is 2. The summed E-state index contributed by atoms with van der Waals surface area (Å²) in [5.41, 5.74) is 0.854. The van der Waals surface area contributed by atoms with Crippen molar-refractivity contribution in [3.8, 4) is 11.5 Å². The van der Waals surface area contributed by atoms with Crippen LogP contribution in [0, 0.1) is 12.7 Å². The first-order valence-corrected chi connectivity index (χ1v) is 7.29. The Kier molecular flexibility index (Phi) is 5.57. The number of carbonyl (C=O) groups excluding carboxylic acids is 1. The summed E-state index contributed by atoms with van der Waals surface area (Å²) < 4.78 is 24.2. The molecule has 0 aliphatic heterocycles. The number of amides is 1. The maximum atomic E-state index is 13.5.